The van der Waals surface area contributed by atoms with E-state index in [2.05, 4.69) is 312 Å². The van der Waals surface area contributed by atoms with Gasteiger partial charge in [0.25, 0.3) is 0 Å². The number of rotatable bonds is 10. The molecule has 2 aromatic heterocycles. The highest BCUT2D eigenvalue weighted by atomic mass is 28.3. The lowest BCUT2D eigenvalue weighted by atomic mass is 9.98. The lowest BCUT2D eigenvalue weighted by Crippen LogP contribution is -2.74. The Hall–Kier alpha value is -9.54. The molecular weight excluding hydrogens is 921 g/mol. The average molecular weight is 971 g/mol. The Bertz CT molecular complexity index is 4240. The second kappa shape index (κ2) is 18.5. The van der Waals surface area contributed by atoms with Gasteiger partial charge >= 0.3 is 0 Å². The summed E-state index contributed by atoms with van der Waals surface area (Å²) in [6, 6.07) is 112. The molecule has 2 nitrogen and oxygen atoms in total. The molecule has 0 amide bonds. The van der Waals surface area contributed by atoms with Crippen LogP contribution in [0.2, 0.25) is 0 Å². The van der Waals surface area contributed by atoms with Gasteiger partial charge in [-0.1, -0.05) is 243 Å². The van der Waals surface area contributed by atoms with E-state index >= 15 is 0 Å². The molecule has 3 heteroatoms. The minimum absolute atomic E-state index is 1.14. The van der Waals surface area contributed by atoms with Crippen LogP contribution in [-0.2, 0) is 0 Å². The van der Waals surface area contributed by atoms with E-state index in [1.807, 2.05) is 0 Å². The third-order valence-electron chi connectivity index (χ3n) is 15.5. The van der Waals surface area contributed by atoms with Gasteiger partial charge in [0.1, 0.15) is 0 Å². The summed E-state index contributed by atoms with van der Waals surface area (Å²) in [5.41, 5.74) is 16.7. The van der Waals surface area contributed by atoms with E-state index in [1.54, 1.807) is 0 Å². The van der Waals surface area contributed by atoms with E-state index < -0.39 is 8.07 Å². The van der Waals surface area contributed by atoms with Crippen molar-refractivity contribution in [2.45, 2.75) is 0 Å². The summed E-state index contributed by atoms with van der Waals surface area (Å²) in [6.45, 7) is 0. The number of hydrogen-bond donors (Lipinski definition) is 0. The molecule has 0 atom stereocenters. The maximum Gasteiger partial charge on any atom is 0.179 e. The normalized spacial score (nSPS) is 11.7. The standard InChI is InChI=1S/C72H50N2Si/c1-6-18-51(19-7-1)53-34-40-59(41-35-53)73-69-29-17-16-28-65(69)66-48-57(38-45-70(66)73)55-30-32-56(33-31-55)58-39-46-71-67(49-58)68-50-64(44-47-72(68)74(71)60-42-36-54(37-43-60)52-20-8-2-9-21-52)75(61-22-10-3-11-23-61,62-24-12-4-13-25-62)63-26-14-5-15-27-63/h1-50H. The van der Waals surface area contributed by atoms with Gasteiger partial charge in [0.15, 0.2) is 8.07 Å². The summed E-state index contributed by atoms with van der Waals surface area (Å²) in [4.78, 5) is 0. The van der Waals surface area contributed by atoms with Crippen LogP contribution in [0.4, 0.5) is 0 Å². The van der Waals surface area contributed by atoms with Crippen LogP contribution < -0.4 is 20.7 Å². The van der Waals surface area contributed by atoms with Gasteiger partial charge < -0.3 is 9.13 Å². The molecule has 0 unspecified atom stereocenters. The molecule has 0 bridgehead atoms. The minimum atomic E-state index is -2.81. The second-order valence-corrected chi connectivity index (χ2v) is 23.4. The molecule has 75 heavy (non-hydrogen) atoms. The number of aromatic nitrogens is 2. The molecule has 352 valence electrons. The molecule has 0 saturated heterocycles. The van der Waals surface area contributed by atoms with Crippen LogP contribution in [0.15, 0.2) is 303 Å². The first-order valence-corrected chi connectivity index (χ1v) is 27.9. The summed E-state index contributed by atoms with van der Waals surface area (Å²) in [5, 5.41) is 10.4. The highest BCUT2D eigenvalue weighted by molar-refractivity contribution is 7.20. The monoisotopic (exact) mass is 970 g/mol. The quantitative estimate of drug-likeness (QED) is 0.0955. The molecule has 2 heterocycles. The smallest absolute Gasteiger partial charge is 0.179 e. The Labute approximate surface area is 438 Å². The highest BCUT2D eigenvalue weighted by Gasteiger charge is 2.41. The molecule has 0 aliphatic carbocycles. The van der Waals surface area contributed by atoms with Gasteiger partial charge in [-0.3, -0.25) is 0 Å². The molecular formula is C72H50N2Si. The van der Waals surface area contributed by atoms with Crippen molar-refractivity contribution >= 4 is 72.4 Å². The largest absolute Gasteiger partial charge is 0.309 e. The maximum atomic E-state index is 2.53. The Morgan fingerprint density at radius 1 is 0.187 bits per heavy atom. The molecule has 0 aliphatic heterocycles. The maximum absolute atomic E-state index is 2.81. The average Bonchev–Trinajstić information content (AvgIpc) is 4.07. The van der Waals surface area contributed by atoms with Crippen molar-refractivity contribution in [2.24, 2.45) is 0 Å². The topological polar surface area (TPSA) is 9.86 Å². The molecule has 0 fully saturated rings. The van der Waals surface area contributed by atoms with E-state index in [-0.39, 0.29) is 0 Å². The molecule has 0 spiro atoms. The van der Waals surface area contributed by atoms with E-state index in [1.165, 1.54) is 109 Å². The van der Waals surface area contributed by atoms with Gasteiger partial charge in [0.05, 0.1) is 22.1 Å². The molecule has 14 aromatic rings. The van der Waals surface area contributed by atoms with Gasteiger partial charge in [-0.2, -0.15) is 0 Å². The second-order valence-electron chi connectivity index (χ2n) is 19.6. The zero-order chi connectivity index (χ0) is 49.7. The van der Waals surface area contributed by atoms with Crippen LogP contribution in [0.5, 0.6) is 0 Å². The third-order valence-corrected chi connectivity index (χ3v) is 20.3. The van der Waals surface area contributed by atoms with Gasteiger partial charge in [-0.15, -0.1) is 0 Å². The van der Waals surface area contributed by atoms with Gasteiger partial charge in [-0.05, 0) is 126 Å². The predicted molar refractivity (Wildman–Crippen MR) is 320 cm³/mol. The molecule has 0 radical (unpaired) electrons. The summed E-state index contributed by atoms with van der Waals surface area (Å²) in [6.07, 6.45) is 0. The van der Waals surface area contributed by atoms with Gasteiger partial charge in [0.2, 0.25) is 0 Å². The van der Waals surface area contributed by atoms with E-state index in [0.29, 0.717) is 0 Å². The molecule has 12 aromatic carbocycles. The van der Waals surface area contributed by atoms with Crippen molar-refractivity contribution in [2.75, 3.05) is 0 Å². The third kappa shape index (κ3) is 7.55. The number of nitrogens with zero attached hydrogens (tertiary/aromatic N) is 2. The Morgan fingerprint density at radius 3 is 0.920 bits per heavy atom. The van der Waals surface area contributed by atoms with Crippen LogP contribution in [0.25, 0.3) is 99.5 Å². The lowest BCUT2D eigenvalue weighted by molar-refractivity contribution is 1.18. The predicted octanol–water partition coefficient (Wildman–Crippen LogP) is 15.9. The van der Waals surface area contributed by atoms with Gasteiger partial charge in [0, 0.05) is 32.9 Å². The molecule has 0 aliphatic rings. The molecule has 0 saturated carbocycles. The zero-order valence-corrected chi connectivity index (χ0v) is 42.3. The number of benzene rings is 12. The lowest BCUT2D eigenvalue weighted by Gasteiger charge is -2.34. The van der Waals surface area contributed by atoms with Crippen molar-refractivity contribution in [3.8, 4) is 55.9 Å². The van der Waals surface area contributed by atoms with Crippen molar-refractivity contribution in [3.63, 3.8) is 0 Å². The fourth-order valence-corrected chi connectivity index (χ4v) is 16.7. The van der Waals surface area contributed by atoms with Crippen LogP contribution in [0, 0.1) is 0 Å². The van der Waals surface area contributed by atoms with Crippen LogP contribution in [-0.4, -0.2) is 17.2 Å². The molecule has 14 rings (SSSR count). The summed E-state index contributed by atoms with van der Waals surface area (Å²) >= 11 is 0. The van der Waals surface area contributed by atoms with Gasteiger partial charge in [-0.25, -0.2) is 0 Å². The Kier molecular flexibility index (Phi) is 10.9. The van der Waals surface area contributed by atoms with Crippen molar-refractivity contribution in [3.05, 3.63) is 303 Å². The van der Waals surface area contributed by atoms with Crippen molar-refractivity contribution < 1.29 is 0 Å². The summed E-state index contributed by atoms with van der Waals surface area (Å²) in [7, 11) is -2.81. The first-order valence-electron chi connectivity index (χ1n) is 25.9. The SMILES string of the molecule is c1ccc(-c2ccc(-n3c4ccccc4c4cc(-c5ccc(-c6ccc7c(c6)c6cc([Si](c8ccccc8)(c8ccccc8)c8ccccc8)ccc6n7-c6ccc(-c7ccccc7)cc6)cc5)ccc43)cc2)cc1. The van der Waals surface area contributed by atoms with E-state index in [9.17, 15) is 0 Å². The van der Waals surface area contributed by atoms with Crippen molar-refractivity contribution in [1.29, 1.82) is 0 Å². The fraction of sp³-hybridized carbons (Fsp3) is 0. The van der Waals surface area contributed by atoms with Crippen LogP contribution in [0.3, 0.4) is 0 Å². The van der Waals surface area contributed by atoms with Crippen molar-refractivity contribution in [1.82, 2.24) is 9.13 Å². The fourth-order valence-electron chi connectivity index (χ4n) is 11.9. The first kappa shape index (κ1) is 44.2. The summed E-state index contributed by atoms with van der Waals surface area (Å²) < 4.78 is 4.86. The van der Waals surface area contributed by atoms with Crippen LogP contribution in [0.1, 0.15) is 0 Å². The van der Waals surface area contributed by atoms with E-state index in [4.69, 9.17) is 0 Å². The molecule has 0 N–H and O–H groups in total. The Morgan fingerprint density at radius 2 is 0.480 bits per heavy atom. The highest BCUT2D eigenvalue weighted by Crippen LogP contribution is 2.39. The Balaban J connectivity index is 0.892. The number of para-hydroxylation sites is 1. The minimum Gasteiger partial charge on any atom is -0.309 e. The summed E-state index contributed by atoms with van der Waals surface area (Å²) in [5.74, 6) is 0. The number of fused-ring (bicyclic) bond motifs is 6. The zero-order valence-electron chi connectivity index (χ0n) is 41.3. The van der Waals surface area contributed by atoms with Crippen LogP contribution >= 0.6 is 0 Å². The van der Waals surface area contributed by atoms with E-state index in [0.717, 1.165) is 11.4 Å². The first-order chi connectivity index (χ1) is 37.2. The number of hydrogen-bond acceptors (Lipinski definition) is 0.